The summed E-state index contributed by atoms with van der Waals surface area (Å²) in [4.78, 5) is 0.304. The summed E-state index contributed by atoms with van der Waals surface area (Å²) in [5, 5.41) is 9.19. The molecule has 0 bridgehead atoms. The summed E-state index contributed by atoms with van der Waals surface area (Å²) in [6.45, 7) is 1.26. The molecule has 4 nitrogen and oxygen atoms in total. The molecule has 0 aromatic heterocycles. The van der Waals surface area contributed by atoms with E-state index in [2.05, 4.69) is 12.2 Å². The van der Waals surface area contributed by atoms with Crippen molar-refractivity contribution in [1.29, 1.82) is 0 Å². The van der Waals surface area contributed by atoms with Crippen molar-refractivity contribution in [2.24, 2.45) is 5.73 Å². The molecule has 0 spiro atoms. The summed E-state index contributed by atoms with van der Waals surface area (Å²) in [5.41, 5.74) is 5.21. The van der Waals surface area contributed by atoms with E-state index >= 15 is 0 Å². The lowest BCUT2D eigenvalue weighted by Crippen LogP contribution is -2.23. The number of hydrogen-bond acceptors (Lipinski definition) is 4. The third-order valence-electron chi connectivity index (χ3n) is 1.18. The smallest absolute Gasteiger partial charge is 0.0836 e. The van der Waals surface area contributed by atoms with E-state index in [1.54, 1.807) is 7.11 Å². The van der Waals surface area contributed by atoms with E-state index in [1.807, 2.05) is 0 Å². The molecule has 72 valence electrons. The van der Waals surface area contributed by atoms with Crippen LogP contribution in [0.4, 0.5) is 0 Å². The molecule has 0 heterocycles. The maximum absolute atomic E-state index is 9.19. The summed E-state index contributed by atoms with van der Waals surface area (Å²) in [5.74, 6) is 0. The summed E-state index contributed by atoms with van der Waals surface area (Å²) >= 11 is 4.61. The quantitative estimate of drug-likeness (QED) is 0.429. The predicted octanol–water partition coefficient (Wildman–Crippen LogP) is -0.313. The van der Waals surface area contributed by atoms with Crippen molar-refractivity contribution in [3.8, 4) is 0 Å². The number of aliphatic hydroxyl groups is 1. The minimum atomic E-state index is -0.598. The van der Waals surface area contributed by atoms with Crippen molar-refractivity contribution in [2.75, 3.05) is 26.9 Å². The zero-order valence-corrected chi connectivity index (χ0v) is 7.97. The van der Waals surface area contributed by atoms with Crippen LogP contribution < -0.4 is 5.73 Å². The van der Waals surface area contributed by atoms with E-state index in [-0.39, 0.29) is 6.61 Å². The topological polar surface area (TPSA) is 64.7 Å². The van der Waals surface area contributed by atoms with E-state index < -0.39 is 6.10 Å². The number of thiocarbonyl (C=S) groups is 1. The molecule has 0 saturated carbocycles. The number of methoxy groups -OCH3 is 1. The van der Waals surface area contributed by atoms with Gasteiger partial charge >= 0.3 is 0 Å². The summed E-state index contributed by atoms with van der Waals surface area (Å²) < 4.78 is 9.79. The Morgan fingerprint density at radius 2 is 2.25 bits per heavy atom. The first-order valence-corrected chi connectivity index (χ1v) is 4.10. The molecular formula is C7H15NO3S. The Bertz CT molecular complexity index is 132. The first kappa shape index (κ1) is 11.8. The predicted molar refractivity (Wildman–Crippen MR) is 50.1 cm³/mol. The largest absolute Gasteiger partial charge is 0.393 e. The average Bonchev–Trinajstić information content (AvgIpc) is 1.97. The van der Waals surface area contributed by atoms with Gasteiger partial charge in [0.15, 0.2) is 0 Å². The van der Waals surface area contributed by atoms with Gasteiger partial charge < -0.3 is 20.3 Å². The van der Waals surface area contributed by atoms with E-state index in [1.165, 1.54) is 0 Å². The molecule has 1 atom stereocenters. The normalized spacial score (nSPS) is 12.8. The highest BCUT2D eigenvalue weighted by molar-refractivity contribution is 7.80. The Labute approximate surface area is 77.6 Å². The fourth-order valence-electron chi connectivity index (χ4n) is 0.653. The lowest BCUT2D eigenvalue weighted by atomic mass is 10.3. The molecule has 0 aliphatic rings. The highest BCUT2D eigenvalue weighted by Gasteiger charge is 2.04. The first-order chi connectivity index (χ1) is 5.66. The molecule has 0 rings (SSSR count). The molecule has 0 aromatic rings. The Balaban J connectivity index is 3.19. The maximum Gasteiger partial charge on any atom is 0.0836 e. The molecule has 12 heavy (non-hydrogen) atoms. The number of ether oxygens (including phenoxy) is 2. The Morgan fingerprint density at radius 1 is 1.58 bits per heavy atom. The van der Waals surface area contributed by atoms with E-state index in [0.717, 1.165) is 0 Å². The highest BCUT2D eigenvalue weighted by atomic mass is 32.1. The molecule has 0 saturated heterocycles. The monoisotopic (exact) mass is 193 g/mol. The first-order valence-electron chi connectivity index (χ1n) is 3.70. The highest BCUT2D eigenvalue weighted by Crippen LogP contribution is 1.92. The van der Waals surface area contributed by atoms with E-state index in [9.17, 15) is 5.11 Å². The van der Waals surface area contributed by atoms with Crippen molar-refractivity contribution < 1.29 is 14.6 Å². The van der Waals surface area contributed by atoms with Crippen LogP contribution in [0, 0.1) is 0 Å². The second kappa shape index (κ2) is 7.42. The second-order valence-corrected chi connectivity index (χ2v) is 2.92. The molecule has 0 radical (unpaired) electrons. The number of hydrogen-bond donors (Lipinski definition) is 2. The van der Waals surface area contributed by atoms with Gasteiger partial charge in [-0.05, 0) is 0 Å². The number of aliphatic hydroxyl groups excluding tert-OH is 1. The maximum atomic E-state index is 9.19. The lowest BCUT2D eigenvalue weighted by Gasteiger charge is -2.09. The molecule has 0 aliphatic heterocycles. The van der Waals surface area contributed by atoms with Gasteiger partial charge in [0.1, 0.15) is 0 Å². The molecule has 0 fully saturated rings. The van der Waals surface area contributed by atoms with E-state index in [0.29, 0.717) is 24.6 Å². The second-order valence-electron chi connectivity index (χ2n) is 2.39. The molecule has 1 unspecified atom stereocenters. The zero-order chi connectivity index (χ0) is 9.40. The van der Waals surface area contributed by atoms with Crippen LogP contribution in [0.1, 0.15) is 6.42 Å². The molecule has 0 aliphatic carbocycles. The molecule has 0 amide bonds. The fraction of sp³-hybridized carbons (Fsp3) is 0.857. The minimum Gasteiger partial charge on any atom is -0.393 e. The lowest BCUT2D eigenvalue weighted by molar-refractivity contribution is 0.0162. The van der Waals surface area contributed by atoms with Gasteiger partial charge in [-0.1, -0.05) is 12.2 Å². The minimum absolute atomic E-state index is 0.251. The standard InChI is InChI=1S/C7H15NO3S/c1-10-2-3-11-5-6(9)4-7(8)12/h6,9H,2-5H2,1H3,(H2,8,12). The Kier molecular flexibility index (Phi) is 7.28. The van der Waals surface area contributed by atoms with Crippen LogP contribution in [-0.2, 0) is 9.47 Å². The molecule has 3 N–H and O–H groups in total. The SMILES string of the molecule is COCCOCC(O)CC(N)=S. The Hall–Kier alpha value is -0.230. The van der Waals surface area contributed by atoms with Gasteiger partial charge in [0.05, 0.1) is 30.9 Å². The molecular weight excluding hydrogens is 178 g/mol. The van der Waals surface area contributed by atoms with Gasteiger partial charge in [-0.25, -0.2) is 0 Å². The van der Waals surface area contributed by atoms with Gasteiger partial charge in [0.2, 0.25) is 0 Å². The van der Waals surface area contributed by atoms with Crippen molar-refractivity contribution in [3.05, 3.63) is 0 Å². The van der Waals surface area contributed by atoms with Crippen LogP contribution in [-0.4, -0.2) is 43.1 Å². The van der Waals surface area contributed by atoms with Crippen LogP contribution in [0.25, 0.3) is 0 Å². The summed E-state index contributed by atoms with van der Waals surface area (Å²) in [6, 6.07) is 0. The molecule has 0 aromatic carbocycles. The number of nitrogens with two attached hydrogens (primary N) is 1. The third-order valence-corrected chi connectivity index (χ3v) is 1.35. The van der Waals surface area contributed by atoms with Gasteiger partial charge in [-0.2, -0.15) is 0 Å². The third kappa shape index (κ3) is 7.87. The van der Waals surface area contributed by atoms with Crippen LogP contribution in [0.3, 0.4) is 0 Å². The van der Waals surface area contributed by atoms with Gasteiger partial charge in [0, 0.05) is 13.5 Å². The molecule has 5 heteroatoms. The fourth-order valence-corrected chi connectivity index (χ4v) is 0.845. The van der Waals surface area contributed by atoms with Crippen molar-refractivity contribution in [2.45, 2.75) is 12.5 Å². The zero-order valence-electron chi connectivity index (χ0n) is 7.16. The van der Waals surface area contributed by atoms with Crippen molar-refractivity contribution in [1.82, 2.24) is 0 Å². The van der Waals surface area contributed by atoms with Crippen LogP contribution in [0.5, 0.6) is 0 Å². The van der Waals surface area contributed by atoms with Gasteiger partial charge in [0.25, 0.3) is 0 Å². The Morgan fingerprint density at radius 3 is 2.75 bits per heavy atom. The van der Waals surface area contributed by atoms with Gasteiger partial charge in [-0.3, -0.25) is 0 Å². The number of rotatable bonds is 7. The van der Waals surface area contributed by atoms with Crippen LogP contribution in [0.2, 0.25) is 0 Å². The van der Waals surface area contributed by atoms with Crippen LogP contribution >= 0.6 is 12.2 Å². The average molecular weight is 193 g/mol. The van der Waals surface area contributed by atoms with Crippen molar-refractivity contribution in [3.63, 3.8) is 0 Å². The summed E-state index contributed by atoms with van der Waals surface area (Å²) in [6.07, 6.45) is -0.290. The van der Waals surface area contributed by atoms with Crippen molar-refractivity contribution >= 4 is 17.2 Å². The van der Waals surface area contributed by atoms with E-state index in [4.69, 9.17) is 15.2 Å². The summed E-state index contributed by atoms with van der Waals surface area (Å²) in [7, 11) is 1.59. The van der Waals surface area contributed by atoms with Gasteiger partial charge in [-0.15, -0.1) is 0 Å². The van der Waals surface area contributed by atoms with Crippen LogP contribution in [0.15, 0.2) is 0 Å².